The van der Waals surface area contributed by atoms with E-state index in [1.165, 1.54) is 0 Å². The fourth-order valence-electron chi connectivity index (χ4n) is 2.84. The molecule has 0 spiro atoms. The van der Waals surface area contributed by atoms with Gasteiger partial charge >= 0.3 is 0 Å². The van der Waals surface area contributed by atoms with Crippen LogP contribution in [0.5, 0.6) is 0 Å². The Bertz CT molecular complexity index is 585. The van der Waals surface area contributed by atoms with Gasteiger partial charge in [0.05, 0.1) is 17.5 Å². The number of hydrogen-bond donors (Lipinski definition) is 3. The van der Waals surface area contributed by atoms with Crippen LogP contribution in [0.25, 0.3) is 10.8 Å². The quantitative estimate of drug-likeness (QED) is 0.738. The van der Waals surface area contributed by atoms with Crippen LogP contribution in [0, 0.1) is 5.92 Å². The Balaban J connectivity index is 1.79. The Morgan fingerprint density at radius 1 is 1.32 bits per heavy atom. The van der Waals surface area contributed by atoms with E-state index in [-0.39, 0.29) is 6.10 Å². The zero-order chi connectivity index (χ0) is 13.2. The lowest BCUT2D eigenvalue weighted by Gasteiger charge is -2.17. The third-order valence-corrected chi connectivity index (χ3v) is 4.04. The molecule has 1 saturated carbocycles. The van der Waals surface area contributed by atoms with Crippen molar-refractivity contribution in [1.29, 1.82) is 0 Å². The number of pyridine rings is 1. The summed E-state index contributed by atoms with van der Waals surface area (Å²) in [5, 5.41) is 15.3. The van der Waals surface area contributed by atoms with Crippen LogP contribution in [0.1, 0.15) is 19.3 Å². The summed E-state index contributed by atoms with van der Waals surface area (Å²) in [6.07, 6.45) is 6.53. The maximum Gasteiger partial charge on any atom is 0.0630 e. The predicted octanol–water partition coefficient (Wildman–Crippen LogP) is 2.39. The number of aliphatic hydroxyl groups is 1. The number of nitrogens with two attached hydrogens (primary N) is 1. The highest BCUT2D eigenvalue weighted by atomic mass is 16.3. The Kier molecular flexibility index (Phi) is 3.25. The number of anilines is 2. The number of nitrogens with zero attached hydrogens (tertiary/aromatic N) is 1. The second-order valence-electron chi connectivity index (χ2n) is 5.26. The summed E-state index contributed by atoms with van der Waals surface area (Å²) < 4.78 is 0. The van der Waals surface area contributed by atoms with Gasteiger partial charge < -0.3 is 16.2 Å². The molecule has 4 N–H and O–H groups in total. The molecule has 1 aliphatic carbocycles. The first-order valence-electron chi connectivity index (χ1n) is 6.80. The molecule has 2 unspecified atom stereocenters. The van der Waals surface area contributed by atoms with Gasteiger partial charge in [0.2, 0.25) is 0 Å². The third-order valence-electron chi connectivity index (χ3n) is 4.04. The third kappa shape index (κ3) is 2.36. The number of fused-ring (bicyclic) bond motifs is 1. The van der Waals surface area contributed by atoms with Gasteiger partial charge in [-0.15, -0.1) is 0 Å². The Labute approximate surface area is 112 Å². The van der Waals surface area contributed by atoms with Gasteiger partial charge in [-0.1, -0.05) is 12.5 Å². The summed E-state index contributed by atoms with van der Waals surface area (Å²) >= 11 is 0. The van der Waals surface area contributed by atoms with E-state index >= 15 is 0 Å². The minimum atomic E-state index is -0.168. The highest BCUT2D eigenvalue weighted by Gasteiger charge is 2.24. The van der Waals surface area contributed by atoms with Crippen molar-refractivity contribution in [3.8, 4) is 0 Å². The summed E-state index contributed by atoms with van der Waals surface area (Å²) in [6.45, 7) is 0.780. The molecule has 0 radical (unpaired) electrons. The lowest BCUT2D eigenvalue weighted by Crippen LogP contribution is -2.22. The van der Waals surface area contributed by atoms with E-state index in [4.69, 9.17) is 5.73 Å². The fourth-order valence-corrected chi connectivity index (χ4v) is 2.84. The van der Waals surface area contributed by atoms with Crippen LogP contribution < -0.4 is 11.1 Å². The molecule has 0 aliphatic heterocycles. The van der Waals surface area contributed by atoms with Crippen molar-refractivity contribution < 1.29 is 5.11 Å². The average Bonchev–Trinajstić information content (AvgIpc) is 2.84. The highest BCUT2D eigenvalue weighted by Crippen LogP contribution is 2.30. The van der Waals surface area contributed by atoms with Crippen molar-refractivity contribution in [2.24, 2.45) is 5.92 Å². The Hall–Kier alpha value is -1.81. The summed E-state index contributed by atoms with van der Waals surface area (Å²) in [4.78, 5) is 4.09. The first-order chi connectivity index (χ1) is 9.25. The second kappa shape index (κ2) is 5.05. The van der Waals surface area contributed by atoms with Crippen LogP contribution in [0.4, 0.5) is 11.4 Å². The molecule has 0 bridgehead atoms. The standard InChI is InChI=1S/C15H19N3O/c16-15-12-6-7-17-8-10(12)4-5-13(15)18-9-11-2-1-3-14(11)19/h4-8,11,14,18-19H,1-3,9,16H2. The zero-order valence-corrected chi connectivity index (χ0v) is 10.8. The van der Waals surface area contributed by atoms with Crippen molar-refractivity contribution in [3.05, 3.63) is 30.6 Å². The summed E-state index contributed by atoms with van der Waals surface area (Å²) in [6, 6.07) is 5.94. The average molecular weight is 257 g/mol. The number of benzene rings is 1. The maximum absolute atomic E-state index is 9.83. The first-order valence-corrected chi connectivity index (χ1v) is 6.80. The molecule has 19 heavy (non-hydrogen) atoms. The number of aliphatic hydroxyl groups excluding tert-OH is 1. The van der Waals surface area contributed by atoms with E-state index in [2.05, 4.69) is 10.3 Å². The molecule has 100 valence electrons. The lowest BCUT2D eigenvalue weighted by atomic mass is 10.1. The van der Waals surface area contributed by atoms with Crippen LogP contribution >= 0.6 is 0 Å². The van der Waals surface area contributed by atoms with E-state index in [1.807, 2.05) is 24.4 Å². The van der Waals surface area contributed by atoms with E-state index in [1.54, 1.807) is 6.20 Å². The fraction of sp³-hybridized carbons (Fsp3) is 0.400. The normalized spacial score (nSPS) is 22.8. The molecule has 1 aliphatic rings. The van der Waals surface area contributed by atoms with Gasteiger partial charge in [0.15, 0.2) is 0 Å². The van der Waals surface area contributed by atoms with Crippen LogP contribution in [-0.2, 0) is 0 Å². The molecule has 1 fully saturated rings. The van der Waals surface area contributed by atoms with E-state index in [0.717, 1.165) is 48.0 Å². The molecule has 1 heterocycles. The smallest absolute Gasteiger partial charge is 0.0630 e. The van der Waals surface area contributed by atoms with Crippen molar-refractivity contribution >= 4 is 22.1 Å². The highest BCUT2D eigenvalue weighted by molar-refractivity contribution is 5.98. The second-order valence-corrected chi connectivity index (χ2v) is 5.26. The molecule has 1 aromatic carbocycles. The molecular weight excluding hydrogens is 238 g/mol. The molecule has 4 nitrogen and oxygen atoms in total. The number of hydrogen-bond acceptors (Lipinski definition) is 4. The molecule has 3 rings (SSSR count). The van der Waals surface area contributed by atoms with E-state index in [9.17, 15) is 5.11 Å². The Morgan fingerprint density at radius 3 is 3.00 bits per heavy atom. The molecule has 4 heteroatoms. The molecule has 2 atom stereocenters. The number of nitrogens with one attached hydrogen (secondary N) is 1. The van der Waals surface area contributed by atoms with Gasteiger partial charge in [0.1, 0.15) is 0 Å². The van der Waals surface area contributed by atoms with E-state index < -0.39 is 0 Å². The van der Waals surface area contributed by atoms with Gasteiger partial charge in [-0.05, 0) is 25.0 Å². The van der Waals surface area contributed by atoms with Crippen LogP contribution in [0.15, 0.2) is 30.6 Å². The minimum Gasteiger partial charge on any atom is -0.397 e. The SMILES string of the molecule is Nc1c(NCC2CCCC2O)ccc2cnccc12. The molecule has 1 aromatic heterocycles. The van der Waals surface area contributed by atoms with Crippen molar-refractivity contribution in [2.45, 2.75) is 25.4 Å². The van der Waals surface area contributed by atoms with Crippen LogP contribution in [0.3, 0.4) is 0 Å². The minimum absolute atomic E-state index is 0.168. The van der Waals surface area contributed by atoms with Crippen LogP contribution in [-0.4, -0.2) is 22.7 Å². The summed E-state index contributed by atoms with van der Waals surface area (Å²) in [5.74, 6) is 0.340. The number of aromatic nitrogens is 1. The zero-order valence-electron chi connectivity index (χ0n) is 10.8. The van der Waals surface area contributed by atoms with Gasteiger partial charge in [0, 0.05) is 35.6 Å². The summed E-state index contributed by atoms with van der Waals surface area (Å²) in [5.41, 5.74) is 7.88. The molecule has 2 aromatic rings. The van der Waals surface area contributed by atoms with Gasteiger partial charge in [-0.3, -0.25) is 4.98 Å². The van der Waals surface area contributed by atoms with Gasteiger partial charge in [0.25, 0.3) is 0 Å². The monoisotopic (exact) mass is 257 g/mol. The van der Waals surface area contributed by atoms with Crippen molar-refractivity contribution in [1.82, 2.24) is 4.98 Å². The molecule has 0 saturated heterocycles. The lowest BCUT2D eigenvalue weighted by molar-refractivity contribution is 0.138. The molecule has 0 amide bonds. The first kappa shape index (κ1) is 12.2. The summed E-state index contributed by atoms with van der Waals surface area (Å²) in [7, 11) is 0. The van der Waals surface area contributed by atoms with Crippen molar-refractivity contribution in [2.75, 3.05) is 17.6 Å². The number of rotatable bonds is 3. The maximum atomic E-state index is 9.83. The molecular formula is C15H19N3O. The van der Waals surface area contributed by atoms with Crippen molar-refractivity contribution in [3.63, 3.8) is 0 Å². The number of nitrogen functional groups attached to an aromatic ring is 1. The predicted molar refractivity (Wildman–Crippen MR) is 78.0 cm³/mol. The van der Waals surface area contributed by atoms with E-state index in [0.29, 0.717) is 5.92 Å². The van der Waals surface area contributed by atoms with Crippen LogP contribution in [0.2, 0.25) is 0 Å². The topological polar surface area (TPSA) is 71.2 Å². The van der Waals surface area contributed by atoms with Gasteiger partial charge in [-0.2, -0.15) is 0 Å². The Morgan fingerprint density at radius 2 is 2.21 bits per heavy atom. The largest absolute Gasteiger partial charge is 0.397 e. The van der Waals surface area contributed by atoms with Gasteiger partial charge in [-0.25, -0.2) is 0 Å².